The topological polar surface area (TPSA) is 72.5 Å². The molecule has 0 aliphatic carbocycles. The lowest BCUT2D eigenvalue weighted by molar-refractivity contribution is 0.122. The van der Waals surface area contributed by atoms with E-state index in [0.717, 1.165) is 49.4 Å². The first kappa shape index (κ1) is 14.8. The van der Waals surface area contributed by atoms with Gasteiger partial charge in [0.1, 0.15) is 12.4 Å². The average Bonchev–Trinajstić information content (AvgIpc) is 3.07. The van der Waals surface area contributed by atoms with E-state index in [-0.39, 0.29) is 0 Å². The maximum absolute atomic E-state index is 5.54. The summed E-state index contributed by atoms with van der Waals surface area (Å²) in [6, 6.07) is 7.77. The van der Waals surface area contributed by atoms with Gasteiger partial charge in [0.25, 0.3) is 0 Å². The first-order valence-electron chi connectivity index (χ1n) is 7.34. The number of morpholine rings is 1. The summed E-state index contributed by atoms with van der Waals surface area (Å²) in [5, 5.41) is 7.27. The van der Waals surface area contributed by atoms with Gasteiger partial charge in [0.05, 0.1) is 19.8 Å². The Morgan fingerprint density at radius 2 is 1.95 bits per heavy atom. The summed E-state index contributed by atoms with van der Waals surface area (Å²) in [6.45, 7) is 4.20. The summed E-state index contributed by atoms with van der Waals surface area (Å²) in [5.74, 6) is 2.29. The van der Waals surface area contributed by atoms with Gasteiger partial charge in [-0.25, -0.2) is 0 Å². The van der Waals surface area contributed by atoms with Crippen molar-refractivity contribution in [1.29, 1.82) is 0 Å². The lowest BCUT2D eigenvalue weighted by Gasteiger charge is -2.25. The second kappa shape index (κ2) is 7.24. The SMILES string of the molecule is COCCOc1ccc(-c2nc(N3CCOCC3)n[nH]2)cc1. The normalized spacial score (nSPS) is 15.0. The van der Waals surface area contributed by atoms with Gasteiger partial charge in [-0.3, -0.25) is 5.10 Å². The molecule has 2 heterocycles. The van der Waals surface area contributed by atoms with Crippen LogP contribution in [0.5, 0.6) is 5.75 Å². The Kier molecular flexibility index (Phi) is 4.87. The van der Waals surface area contributed by atoms with Crippen molar-refractivity contribution in [3.63, 3.8) is 0 Å². The summed E-state index contributed by atoms with van der Waals surface area (Å²) >= 11 is 0. The zero-order valence-electron chi connectivity index (χ0n) is 12.6. The van der Waals surface area contributed by atoms with Crippen molar-refractivity contribution in [3.05, 3.63) is 24.3 Å². The summed E-state index contributed by atoms with van der Waals surface area (Å²) in [7, 11) is 1.66. The van der Waals surface area contributed by atoms with Crippen LogP contribution in [0.15, 0.2) is 24.3 Å². The minimum atomic E-state index is 0.541. The minimum Gasteiger partial charge on any atom is -0.491 e. The van der Waals surface area contributed by atoms with Crippen LogP contribution in [0.2, 0.25) is 0 Å². The van der Waals surface area contributed by atoms with Crippen molar-refractivity contribution in [2.24, 2.45) is 0 Å². The second-order valence-electron chi connectivity index (χ2n) is 4.95. The Labute approximate surface area is 129 Å². The van der Waals surface area contributed by atoms with Gasteiger partial charge in [-0.05, 0) is 24.3 Å². The molecule has 2 aromatic rings. The summed E-state index contributed by atoms with van der Waals surface area (Å²) in [4.78, 5) is 6.67. The molecule has 0 unspecified atom stereocenters. The lowest BCUT2D eigenvalue weighted by Crippen LogP contribution is -2.36. The molecule has 1 aromatic heterocycles. The molecule has 0 spiro atoms. The highest BCUT2D eigenvalue weighted by molar-refractivity contribution is 5.57. The Morgan fingerprint density at radius 3 is 2.68 bits per heavy atom. The van der Waals surface area contributed by atoms with Gasteiger partial charge < -0.3 is 19.1 Å². The number of ether oxygens (including phenoxy) is 3. The molecular weight excluding hydrogens is 284 g/mol. The Hall–Kier alpha value is -2.12. The number of benzene rings is 1. The number of nitrogens with zero attached hydrogens (tertiary/aromatic N) is 3. The number of nitrogens with one attached hydrogen (secondary N) is 1. The van der Waals surface area contributed by atoms with Gasteiger partial charge in [0.2, 0.25) is 5.95 Å². The molecule has 1 saturated heterocycles. The van der Waals surface area contributed by atoms with E-state index in [1.807, 2.05) is 24.3 Å². The number of anilines is 1. The van der Waals surface area contributed by atoms with E-state index in [9.17, 15) is 0 Å². The highest BCUT2D eigenvalue weighted by Gasteiger charge is 2.16. The van der Waals surface area contributed by atoms with Crippen LogP contribution in [0, 0.1) is 0 Å². The zero-order valence-corrected chi connectivity index (χ0v) is 12.6. The molecule has 118 valence electrons. The van der Waals surface area contributed by atoms with Crippen LogP contribution in [-0.2, 0) is 9.47 Å². The van der Waals surface area contributed by atoms with E-state index in [0.29, 0.717) is 13.2 Å². The standard InChI is InChI=1S/C15H20N4O3/c1-20-10-11-22-13-4-2-12(3-5-13)14-16-15(18-17-14)19-6-8-21-9-7-19/h2-5H,6-11H2,1H3,(H,16,17,18). The molecule has 1 aliphatic rings. The summed E-state index contributed by atoms with van der Waals surface area (Å²) < 4.78 is 15.8. The molecule has 0 atom stereocenters. The number of methoxy groups -OCH3 is 1. The number of hydrogen-bond donors (Lipinski definition) is 1. The molecule has 1 aromatic carbocycles. The zero-order chi connectivity index (χ0) is 15.2. The van der Waals surface area contributed by atoms with Crippen molar-refractivity contribution in [1.82, 2.24) is 15.2 Å². The van der Waals surface area contributed by atoms with Crippen molar-refractivity contribution in [2.75, 3.05) is 51.5 Å². The second-order valence-corrected chi connectivity index (χ2v) is 4.95. The molecule has 3 rings (SSSR count). The van der Waals surface area contributed by atoms with Crippen LogP contribution in [0.4, 0.5) is 5.95 Å². The monoisotopic (exact) mass is 304 g/mol. The van der Waals surface area contributed by atoms with Gasteiger partial charge in [0.15, 0.2) is 5.82 Å². The van der Waals surface area contributed by atoms with E-state index in [2.05, 4.69) is 20.1 Å². The number of rotatable bonds is 6. The molecule has 0 radical (unpaired) electrons. The number of hydrogen-bond acceptors (Lipinski definition) is 6. The third-order valence-corrected chi connectivity index (χ3v) is 3.45. The maximum atomic E-state index is 5.54. The molecule has 1 aliphatic heterocycles. The molecule has 0 saturated carbocycles. The van der Waals surface area contributed by atoms with Gasteiger partial charge in [0, 0.05) is 25.8 Å². The first-order valence-corrected chi connectivity index (χ1v) is 7.34. The fourth-order valence-electron chi connectivity index (χ4n) is 2.24. The first-order chi connectivity index (χ1) is 10.9. The summed E-state index contributed by atoms with van der Waals surface area (Å²) in [6.07, 6.45) is 0. The molecular formula is C15H20N4O3. The van der Waals surface area contributed by atoms with E-state index < -0.39 is 0 Å². The van der Waals surface area contributed by atoms with E-state index >= 15 is 0 Å². The van der Waals surface area contributed by atoms with Gasteiger partial charge >= 0.3 is 0 Å². The van der Waals surface area contributed by atoms with Crippen LogP contribution in [-0.4, -0.2) is 61.8 Å². The van der Waals surface area contributed by atoms with Gasteiger partial charge in [-0.1, -0.05) is 0 Å². The Morgan fingerprint density at radius 1 is 1.18 bits per heavy atom. The van der Waals surface area contributed by atoms with E-state index in [1.165, 1.54) is 0 Å². The third-order valence-electron chi connectivity index (χ3n) is 3.45. The Balaban J connectivity index is 1.65. The molecule has 0 amide bonds. The smallest absolute Gasteiger partial charge is 0.245 e. The van der Waals surface area contributed by atoms with Crippen molar-refractivity contribution in [2.45, 2.75) is 0 Å². The molecule has 1 fully saturated rings. The number of aromatic nitrogens is 3. The largest absolute Gasteiger partial charge is 0.491 e. The maximum Gasteiger partial charge on any atom is 0.245 e. The van der Waals surface area contributed by atoms with Crippen LogP contribution in [0.1, 0.15) is 0 Å². The van der Waals surface area contributed by atoms with E-state index in [1.54, 1.807) is 7.11 Å². The highest BCUT2D eigenvalue weighted by Crippen LogP contribution is 2.21. The average molecular weight is 304 g/mol. The van der Waals surface area contributed by atoms with Gasteiger partial charge in [-0.2, -0.15) is 4.98 Å². The highest BCUT2D eigenvalue weighted by atomic mass is 16.5. The molecule has 22 heavy (non-hydrogen) atoms. The van der Waals surface area contributed by atoms with Crippen molar-refractivity contribution in [3.8, 4) is 17.1 Å². The predicted molar refractivity (Wildman–Crippen MR) is 82.2 cm³/mol. The van der Waals surface area contributed by atoms with Crippen LogP contribution in [0.25, 0.3) is 11.4 Å². The van der Waals surface area contributed by atoms with Crippen LogP contribution < -0.4 is 9.64 Å². The number of H-pyrrole nitrogens is 1. The quantitative estimate of drug-likeness (QED) is 0.812. The minimum absolute atomic E-state index is 0.541. The predicted octanol–water partition coefficient (Wildman–Crippen LogP) is 1.33. The van der Waals surface area contributed by atoms with Crippen LogP contribution >= 0.6 is 0 Å². The fraction of sp³-hybridized carbons (Fsp3) is 0.467. The fourth-order valence-corrected chi connectivity index (χ4v) is 2.24. The number of aromatic amines is 1. The molecule has 7 heteroatoms. The van der Waals surface area contributed by atoms with E-state index in [4.69, 9.17) is 14.2 Å². The lowest BCUT2D eigenvalue weighted by atomic mass is 10.2. The van der Waals surface area contributed by atoms with Crippen molar-refractivity contribution < 1.29 is 14.2 Å². The van der Waals surface area contributed by atoms with Crippen molar-refractivity contribution >= 4 is 5.95 Å². The summed E-state index contributed by atoms with van der Waals surface area (Å²) in [5.41, 5.74) is 0.978. The Bertz CT molecular complexity index is 579. The van der Waals surface area contributed by atoms with Crippen LogP contribution in [0.3, 0.4) is 0 Å². The molecule has 1 N–H and O–H groups in total. The molecule has 0 bridgehead atoms. The third kappa shape index (κ3) is 3.55. The van der Waals surface area contributed by atoms with Gasteiger partial charge in [-0.15, -0.1) is 5.10 Å². The molecule has 7 nitrogen and oxygen atoms in total.